The van der Waals surface area contributed by atoms with E-state index in [0.29, 0.717) is 0 Å². The molecule has 0 amide bonds. The zero-order valence-electron chi connectivity index (χ0n) is 16.1. The Labute approximate surface area is 186 Å². The average molecular weight is 556 g/mol. The lowest BCUT2D eigenvalue weighted by Gasteiger charge is -2.32. The normalized spacial score (nSPS) is 25.1. The van der Waals surface area contributed by atoms with Crippen molar-refractivity contribution in [2.45, 2.75) is 37.1 Å². The predicted octanol–water partition coefficient (Wildman–Crippen LogP) is 0.343. The van der Waals surface area contributed by atoms with E-state index in [1.54, 1.807) is 0 Å². The summed E-state index contributed by atoms with van der Waals surface area (Å²) in [6.07, 6.45) is -1.48. The second-order valence-electron chi connectivity index (χ2n) is 6.51. The maximum atomic E-state index is 13.5. The van der Waals surface area contributed by atoms with Gasteiger partial charge in [-0.15, -0.1) is 0 Å². The number of ether oxygens (including phenoxy) is 1. The summed E-state index contributed by atoms with van der Waals surface area (Å²) < 4.78 is 64.1. The van der Waals surface area contributed by atoms with Crippen LogP contribution in [0.5, 0.6) is 0 Å². The third kappa shape index (κ3) is 6.22. The Balaban J connectivity index is 2.19. The van der Waals surface area contributed by atoms with Gasteiger partial charge in [0.25, 0.3) is 5.56 Å². The second-order valence-corrected chi connectivity index (χ2v) is 13.3. The van der Waals surface area contributed by atoms with Crippen molar-refractivity contribution in [2.24, 2.45) is 5.11 Å². The van der Waals surface area contributed by atoms with Crippen molar-refractivity contribution in [3.63, 3.8) is 0 Å². The summed E-state index contributed by atoms with van der Waals surface area (Å²) >= 11 is 4.23. The first-order valence-corrected chi connectivity index (χ1v) is 14.1. The van der Waals surface area contributed by atoms with Gasteiger partial charge in [0, 0.05) is 23.1 Å². The molecule has 0 radical (unpaired) electrons. The van der Waals surface area contributed by atoms with Gasteiger partial charge in [-0.1, -0.05) is 16.9 Å². The molecule has 16 nitrogen and oxygen atoms in total. The zero-order chi connectivity index (χ0) is 25.4. The molecule has 4 N–H and O–H groups in total. The Morgan fingerprint density at radius 3 is 2.61 bits per heavy atom. The van der Waals surface area contributed by atoms with Crippen LogP contribution in [0.15, 0.2) is 20.9 Å². The van der Waals surface area contributed by atoms with E-state index < -0.39 is 63.5 Å². The fourth-order valence-electron chi connectivity index (χ4n) is 2.56. The van der Waals surface area contributed by atoms with E-state index in [1.807, 2.05) is 4.98 Å². The van der Waals surface area contributed by atoms with Gasteiger partial charge in [0.2, 0.25) is 0 Å². The molecule has 0 aromatic carbocycles. The fraction of sp³-hybridized carbons (Fsp3) is 0.636. The Morgan fingerprint density at radius 1 is 1.45 bits per heavy atom. The Hall–Kier alpha value is -1.32. The molecule has 2 unspecified atom stereocenters. The summed E-state index contributed by atoms with van der Waals surface area (Å²) in [4.78, 5) is 66.5. The van der Waals surface area contributed by atoms with E-state index in [-0.39, 0.29) is 12.0 Å². The maximum Gasteiger partial charge on any atom is 0.444 e. The van der Waals surface area contributed by atoms with Crippen LogP contribution < -0.4 is 16.1 Å². The number of nitrogens with zero attached hydrogens (tertiary/aromatic N) is 4. The molecule has 2 heterocycles. The van der Waals surface area contributed by atoms with Crippen molar-refractivity contribution >= 4 is 33.7 Å². The minimum absolute atomic E-state index is 0.131. The van der Waals surface area contributed by atoms with Crippen LogP contribution in [0, 0.1) is 6.92 Å². The number of nitrogens with one attached hydrogen (secondary N) is 1. The Bertz CT molecular complexity index is 1230. The minimum atomic E-state index is -6.60. The van der Waals surface area contributed by atoms with Crippen LogP contribution in [-0.2, 0) is 34.5 Å². The molecule has 0 spiro atoms. The van der Waals surface area contributed by atoms with Gasteiger partial charge in [-0.2, -0.15) is 8.78 Å². The summed E-state index contributed by atoms with van der Waals surface area (Å²) in [7, 11) is -13.1. The summed E-state index contributed by atoms with van der Waals surface area (Å²) in [6.45, 7) is -4.82. The number of aryl methyl sites for hydroxylation is 1. The molecule has 1 aliphatic rings. The number of alkyl halides is 2. The molecule has 186 valence electrons. The topological polar surface area (TPSA) is 249 Å². The van der Waals surface area contributed by atoms with Crippen LogP contribution in [0.3, 0.4) is 0 Å². The highest BCUT2D eigenvalue weighted by Crippen LogP contribution is 2.76. The number of azide groups is 1. The SMILES string of the molecule is Cc1cn([C@H]2C[C@H](N=[N+]=[N-])[C@@H](COP([O-])(=S)OP(=O)(O)C(F)(F)P(=O)(O)O)O2)c(=O)[nH]c1=O. The number of halogens is 2. The third-order valence-corrected chi connectivity index (χ3v) is 10.1. The Kier molecular flexibility index (Phi) is 8.24. The molecule has 1 aliphatic heterocycles. The number of aromatic nitrogens is 2. The van der Waals surface area contributed by atoms with E-state index in [2.05, 4.69) is 30.7 Å². The quantitative estimate of drug-likeness (QED) is 0.139. The summed E-state index contributed by atoms with van der Waals surface area (Å²) in [6, 6.07) is -1.10. The lowest BCUT2D eigenvalue weighted by atomic mass is 10.1. The van der Waals surface area contributed by atoms with Gasteiger partial charge in [0.05, 0.1) is 18.8 Å². The number of hydrogen-bond acceptors (Lipinski definition) is 10. The van der Waals surface area contributed by atoms with Gasteiger partial charge in [-0.3, -0.25) is 27.8 Å². The molecule has 1 aromatic rings. The van der Waals surface area contributed by atoms with Crippen LogP contribution in [0.25, 0.3) is 10.4 Å². The minimum Gasteiger partial charge on any atom is -0.779 e. The van der Waals surface area contributed by atoms with Crippen molar-refractivity contribution < 1.29 is 51.1 Å². The smallest absolute Gasteiger partial charge is 0.444 e. The fourth-order valence-corrected chi connectivity index (χ4v) is 7.20. The van der Waals surface area contributed by atoms with Gasteiger partial charge >= 0.3 is 26.3 Å². The number of hydrogen-bond donors (Lipinski definition) is 4. The predicted molar refractivity (Wildman–Crippen MR) is 106 cm³/mol. The van der Waals surface area contributed by atoms with Crippen LogP contribution in [0.2, 0.25) is 0 Å². The van der Waals surface area contributed by atoms with Gasteiger partial charge in [-0.25, -0.2) is 4.79 Å². The average Bonchev–Trinajstić information content (AvgIpc) is 3.04. The van der Waals surface area contributed by atoms with E-state index in [0.717, 1.165) is 10.8 Å². The van der Waals surface area contributed by atoms with Crippen LogP contribution >= 0.6 is 21.9 Å². The molecule has 0 aliphatic carbocycles. The molecule has 1 fully saturated rings. The van der Waals surface area contributed by atoms with Gasteiger partial charge < -0.3 is 28.8 Å². The molecule has 1 saturated heterocycles. The first-order chi connectivity index (χ1) is 14.9. The highest BCUT2D eigenvalue weighted by Gasteiger charge is 2.65. The van der Waals surface area contributed by atoms with Crippen LogP contribution in [0.1, 0.15) is 18.2 Å². The van der Waals surface area contributed by atoms with Crippen molar-refractivity contribution in [1.82, 2.24) is 9.55 Å². The van der Waals surface area contributed by atoms with E-state index in [1.165, 1.54) is 6.92 Å². The van der Waals surface area contributed by atoms with E-state index in [4.69, 9.17) is 20.1 Å². The third-order valence-electron chi connectivity index (χ3n) is 4.16. The second kappa shape index (κ2) is 9.74. The summed E-state index contributed by atoms with van der Waals surface area (Å²) in [5, 5.41) is -2.24. The molecule has 33 heavy (non-hydrogen) atoms. The highest BCUT2D eigenvalue weighted by molar-refractivity contribution is 8.08. The first kappa shape index (κ1) is 27.9. The van der Waals surface area contributed by atoms with Crippen molar-refractivity contribution in [3.05, 3.63) is 43.0 Å². The number of rotatable bonds is 9. The molecular formula is C11H15F2N5O11P3S-. The molecule has 5 atom stereocenters. The van der Waals surface area contributed by atoms with Crippen molar-refractivity contribution in [3.8, 4) is 0 Å². The molecule has 2 rings (SSSR count). The molecule has 0 bridgehead atoms. The van der Waals surface area contributed by atoms with E-state index >= 15 is 0 Å². The summed E-state index contributed by atoms with van der Waals surface area (Å²) in [5.41, 5.74) is 7.29. The number of H-pyrrole nitrogens is 1. The lowest BCUT2D eigenvalue weighted by Crippen LogP contribution is -2.33. The van der Waals surface area contributed by atoms with Gasteiger partial charge in [-0.05, 0) is 12.5 Å². The van der Waals surface area contributed by atoms with Crippen LogP contribution in [0.4, 0.5) is 8.78 Å². The first-order valence-electron chi connectivity index (χ1n) is 8.37. The van der Waals surface area contributed by atoms with Crippen LogP contribution in [-0.4, -0.2) is 48.4 Å². The lowest BCUT2D eigenvalue weighted by molar-refractivity contribution is -0.202. The maximum absolute atomic E-state index is 13.5. The molecule has 0 saturated carbocycles. The molecular weight excluding hydrogens is 541 g/mol. The highest BCUT2D eigenvalue weighted by atomic mass is 32.5. The van der Waals surface area contributed by atoms with Gasteiger partial charge in [0.15, 0.2) is 0 Å². The van der Waals surface area contributed by atoms with Gasteiger partial charge in [0.1, 0.15) is 12.9 Å². The molecule has 22 heteroatoms. The number of aromatic amines is 1. The van der Waals surface area contributed by atoms with E-state index in [9.17, 15) is 37.3 Å². The van der Waals surface area contributed by atoms with Crippen molar-refractivity contribution in [1.29, 1.82) is 0 Å². The Morgan fingerprint density at radius 2 is 2.06 bits per heavy atom. The standard InChI is InChI=1S/C11H16F2N5O11P3S/c1-5-3-18(10(20)15-9(5)19)8-2-6(16-17-14)7(28-8)4-27-32(26,33)29-31(24,25)11(12,13)30(21,22)23/h3,6-8H,2,4H2,1H3,(H,24,25)(H,26,33)(H,15,19,20)(H2,21,22,23)/p-1/t6-,7+,8+,32?/m0/s1. The summed E-state index contributed by atoms with van der Waals surface area (Å²) in [5.74, 6) is 0. The monoisotopic (exact) mass is 556 g/mol. The molecule has 1 aromatic heterocycles. The van der Waals surface area contributed by atoms with Crippen molar-refractivity contribution in [2.75, 3.05) is 6.61 Å². The zero-order valence-corrected chi connectivity index (χ0v) is 19.6. The largest absolute Gasteiger partial charge is 0.779 e.